The third-order valence-corrected chi connectivity index (χ3v) is 9.40. The molecule has 0 atom stereocenters. The summed E-state index contributed by atoms with van der Waals surface area (Å²) in [6.45, 7) is 0. The van der Waals surface area contributed by atoms with Crippen LogP contribution < -0.4 is 0 Å². The Morgan fingerprint density at radius 2 is 1.12 bits per heavy atom. The van der Waals surface area contributed by atoms with E-state index in [0.29, 0.717) is 0 Å². The molecule has 0 fully saturated rings. The van der Waals surface area contributed by atoms with E-state index in [1.165, 1.54) is 0 Å². The molecule has 0 saturated carbocycles. The van der Waals surface area contributed by atoms with Crippen molar-refractivity contribution in [3.8, 4) is 39.5 Å². The van der Waals surface area contributed by atoms with Crippen LogP contribution in [0.25, 0.3) is 94.1 Å². The summed E-state index contributed by atoms with van der Waals surface area (Å²) in [5.74, 6) is 0.923. The molecule has 0 radical (unpaired) electrons. The lowest BCUT2D eigenvalue weighted by molar-refractivity contribution is 0.673. The number of rotatable bonds is 4. The summed E-state index contributed by atoms with van der Waals surface area (Å²) in [6, 6.07) is 57.1. The molecule has 48 heavy (non-hydrogen) atoms. The average Bonchev–Trinajstić information content (AvgIpc) is 3.74. The normalized spacial score (nSPS) is 11.8. The molecule has 0 saturated heterocycles. The maximum atomic E-state index is 6.53. The topological polar surface area (TPSA) is 43.9 Å². The van der Waals surface area contributed by atoms with E-state index in [2.05, 4.69) is 138 Å². The van der Waals surface area contributed by atoms with Crippen LogP contribution in [0.4, 0.5) is 0 Å². The average molecular weight is 614 g/mol. The molecule has 0 aliphatic heterocycles. The fraction of sp³-hybridized carbons (Fsp3) is 0. The van der Waals surface area contributed by atoms with Gasteiger partial charge in [0.25, 0.3) is 0 Å². The third kappa shape index (κ3) is 4.10. The molecule has 0 spiro atoms. The van der Waals surface area contributed by atoms with Crippen LogP contribution >= 0.6 is 0 Å². The third-order valence-electron chi connectivity index (χ3n) is 9.40. The standard InChI is InChI=1S/C44H27N3O/c1-2-13-32(14-3-1)47-39-19-8-7-18-38(39)46-44(47)29-23-21-28(22-24-29)30-11-10-12-31(27-30)42-36-26-25-34-33-15-5-9-20-40(33)48-43(34)41(36)35-16-4-6-17-37(35)45-42/h1-27H. The fourth-order valence-electron chi connectivity index (χ4n) is 7.15. The summed E-state index contributed by atoms with van der Waals surface area (Å²) in [6.07, 6.45) is 0. The highest BCUT2D eigenvalue weighted by molar-refractivity contribution is 6.24. The number of hydrogen-bond donors (Lipinski definition) is 0. The van der Waals surface area contributed by atoms with Crippen LogP contribution in [0, 0.1) is 0 Å². The molecule has 0 N–H and O–H groups in total. The molecule has 0 bridgehead atoms. The molecule has 4 heteroatoms. The summed E-state index contributed by atoms with van der Waals surface area (Å²) >= 11 is 0. The number of furan rings is 1. The summed E-state index contributed by atoms with van der Waals surface area (Å²) in [5.41, 5.74) is 11.2. The van der Waals surface area contributed by atoms with Crippen molar-refractivity contribution in [3.05, 3.63) is 164 Å². The molecule has 7 aromatic carbocycles. The molecule has 10 rings (SSSR count). The number of aromatic nitrogens is 3. The minimum atomic E-state index is 0.896. The van der Waals surface area contributed by atoms with Crippen LogP contribution in [0.1, 0.15) is 0 Å². The Bertz CT molecular complexity index is 2830. The second-order valence-corrected chi connectivity index (χ2v) is 12.2. The second kappa shape index (κ2) is 10.5. The van der Waals surface area contributed by atoms with Gasteiger partial charge in [-0.1, -0.05) is 115 Å². The smallest absolute Gasteiger partial charge is 0.145 e. The van der Waals surface area contributed by atoms with Crippen LogP contribution in [0.5, 0.6) is 0 Å². The molecular weight excluding hydrogens is 587 g/mol. The summed E-state index contributed by atoms with van der Waals surface area (Å²) in [4.78, 5) is 10.3. The Morgan fingerprint density at radius 3 is 2.00 bits per heavy atom. The van der Waals surface area contributed by atoms with Gasteiger partial charge in [-0.15, -0.1) is 0 Å². The van der Waals surface area contributed by atoms with Crippen molar-refractivity contribution in [1.29, 1.82) is 0 Å². The first-order valence-electron chi connectivity index (χ1n) is 16.2. The SMILES string of the molecule is c1ccc(-n2c(-c3ccc(-c4cccc(-c5nc6ccccc6c6c5ccc5c7ccccc7oc56)c4)cc3)nc3ccccc32)cc1. The lowest BCUT2D eigenvalue weighted by atomic mass is 9.95. The summed E-state index contributed by atoms with van der Waals surface area (Å²) < 4.78 is 8.76. The zero-order valence-electron chi connectivity index (χ0n) is 25.8. The predicted molar refractivity (Wildman–Crippen MR) is 197 cm³/mol. The van der Waals surface area contributed by atoms with E-state index in [0.717, 1.165) is 94.1 Å². The van der Waals surface area contributed by atoms with Crippen molar-refractivity contribution in [1.82, 2.24) is 14.5 Å². The van der Waals surface area contributed by atoms with E-state index < -0.39 is 0 Å². The van der Waals surface area contributed by atoms with Crippen molar-refractivity contribution in [2.75, 3.05) is 0 Å². The Morgan fingerprint density at radius 1 is 0.438 bits per heavy atom. The highest BCUT2D eigenvalue weighted by Crippen LogP contribution is 2.41. The van der Waals surface area contributed by atoms with Crippen molar-refractivity contribution >= 4 is 54.6 Å². The van der Waals surface area contributed by atoms with Gasteiger partial charge in [0.05, 0.1) is 22.2 Å². The Hall–Kier alpha value is -6.52. The lowest BCUT2D eigenvalue weighted by Crippen LogP contribution is -1.97. The minimum Gasteiger partial charge on any atom is -0.455 e. The molecule has 4 nitrogen and oxygen atoms in total. The highest BCUT2D eigenvalue weighted by Gasteiger charge is 2.18. The fourth-order valence-corrected chi connectivity index (χ4v) is 7.15. The maximum Gasteiger partial charge on any atom is 0.145 e. The van der Waals surface area contributed by atoms with Crippen LogP contribution in [-0.4, -0.2) is 14.5 Å². The van der Waals surface area contributed by atoms with Crippen LogP contribution in [-0.2, 0) is 0 Å². The van der Waals surface area contributed by atoms with Crippen molar-refractivity contribution in [3.63, 3.8) is 0 Å². The molecule has 0 aliphatic rings. The van der Waals surface area contributed by atoms with E-state index in [1.54, 1.807) is 0 Å². The Kier molecular flexibility index (Phi) is 5.84. The number of imidazole rings is 1. The largest absolute Gasteiger partial charge is 0.455 e. The number of fused-ring (bicyclic) bond motifs is 8. The van der Waals surface area contributed by atoms with Gasteiger partial charge in [0.2, 0.25) is 0 Å². The van der Waals surface area contributed by atoms with Gasteiger partial charge >= 0.3 is 0 Å². The highest BCUT2D eigenvalue weighted by atomic mass is 16.3. The van der Waals surface area contributed by atoms with Crippen molar-refractivity contribution < 1.29 is 4.42 Å². The van der Waals surface area contributed by atoms with E-state index in [4.69, 9.17) is 14.4 Å². The minimum absolute atomic E-state index is 0.896. The van der Waals surface area contributed by atoms with Crippen LogP contribution in [0.15, 0.2) is 168 Å². The van der Waals surface area contributed by atoms with Gasteiger partial charge in [0, 0.05) is 43.7 Å². The number of hydrogen-bond acceptors (Lipinski definition) is 3. The molecule has 0 amide bonds. The van der Waals surface area contributed by atoms with Crippen molar-refractivity contribution in [2.24, 2.45) is 0 Å². The Labute approximate surface area is 276 Å². The summed E-state index contributed by atoms with van der Waals surface area (Å²) in [7, 11) is 0. The van der Waals surface area contributed by atoms with Gasteiger partial charge in [-0.05, 0) is 59.7 Å². The van der Waals surface area contributed by atoms with E-state index in [1.807, 2.05) is 30.3 Å². The number of pyridine rings is 1. The van der Waals surface area contributed by atoms with Gasteiger partial charge in [0.1, 0.15) is 17.0 Å². The second-order valence-electron chi connectivity index (χ2n) is 12.2. The number of para-hydroxylation sites is 5. The van der Waals surface area contributed by atoms with Gasteiger partial charge in [-0.25, -0.2) is 9.97 Å². The van der Waals surface area contributed by atoms with E-state index in [9.17, 15) is 0 Å². The van der Waals surface area contributed by atoms with Gasteiger partial charge in [0.15, 0.2) is 0 Å². The first kappa shape index (κ1) is 26.7. The molecule has 10 aromatic rings. The molecule has 224 valence electrons. The molecule has 3 heterocycles. The van der Waals surface area contributed by atoms with E-state index in [-0.39, 0.29) is 0 Å². The monoisotopic (exact) mass is 613 g/mol. The number of benzene rings is 7. The molecule has 3 aromatic heterocycles. The van der Waals surface area contributed by atoms with Gasteiger partial charge in [-0.2, -0.15) is 0 Å². The number of nitrogens with zero attached hydrogens (tertiary/aromatic N) is 3. The lowest BCUT2D eigenvalue weighted by Gasteiger charge is -2.12. The quantitative estimate of drug-likeness (QED) is 0.186. The van der Waals surface area contributed by atoms with Gasteiger partial charge < -0.3 is 4.42 Å². The molecule has 0 unspecified atom stereocenters. The molecule has 0 aliphatic carbocycles. The Balaban J connectivity index is 1.10. The predicted octanol–water partition coefficient (Wildman–Crippen LogP) is 11.6. The van der Waals surface area contributed by atoms with Gasteiger partial charge in [-0.3, -0.25) is 4.57 Å². The molecular formula is C44H27N3O. The van der Waals surface area contributed by atoms with Crippen LogP contribution in [0.2, 0.25) is 0 Å². The van der Waals surface area contributed by atoms with E-state index >= 15 is 0 Å². The zero-order valence-corrected chi connectivity index (χ0v) is 25.8. The van der Waals surface area contributed by atoms with Crippen molar-refractivity contribution in [2.45, 2.75) is 0 Å². The first-order valence-corrected chi connectivity index (χ1v) is 16.2. The maximum absolute atomic E-state index is 6.53. The van der Waals surface area contributed by atoms with Crippen LogP contribution in [0.3, 0.4) is 0 Å². The summed E-state index contributed by atoms with van der Waals surface area (Å²) in [5, 5.41) is 5.51. The first-order chi connectivity index (χ1) is 23.8. The zero-order chi connectivity index (χ0) is 31.6.